The number of methoxy groups -OCH3 is 1. The SMILES string of the molecule is COc1ccc2c(c1)c(CCCN1CCN(C)CC1)cn2C(C)C. The van der Waals surface area contributed by atoms with Crippen LogP contribution in [0.2, 0.25) is 0 Å². The zero-order valence-corrected chi connectivity index (χ0v) is 15.6. The number of likely N-dealkylation sites (N-methyl/N-ethyl adjacent to an activating group) is 1. The minimum atomic E-state index is 0.479. The van der Waals surface area contributed by atoms with Gasteiger partial charge in [0.05, 0.1) is 7.11 Å². The quantitative estimate of drug-likeness (QED) is 0.810. The maximum atomic E-state index is 5.43. The maximum Gasteiger partial charge on any atom is 0.119 e. The summed E-state index contributed by atoms with van der Waals surface area (Å²) in [5.74, 6) is 0.948. The van der Waals surface area contributed by atoms with Crippen molar-refractivity contribution in [3.63, 3.8) is 0 Å². The van der Waals surface area contributed by atoms with Gasteiger partial charge in [-0.1, -0.05) is 0 Å². The van der Waals surface area contributed by atoms with Crippen molar-refractivity contribution < 1.29 is 4.74 Å². The van der Waals surface area contributed by atoms with Crippen LogP contribution in [-0.4, -0.2) is 61.2 Å². The Morgan fingerprint density at radius 3 is 2.54 bits per heavy atom. The predicted molar refractivity (Wildman–Crippen MR) is 101 cm³/mol. The van der Waals surface area contributed by atoms with Gasteiger partial charge in [-0.2, -0.15) is 0 Å². The Balaban J connectivity index is 1.71. The van der Waals surface area contributed by atoms with Gasteiger partial charge in [0.15, 0.2) is 0 Å². The predicted octanol–water partition coefficient (Wildman–Crippen LogP) is 3.41. The van der Waals surface area contributed by atoms with Crippen LogP contribution in [0.3, 0.4) is 0 Å². The molecule has 1 aromatic heterocycles. The number of hydrogen-bond acceptors (Lipinski definition) is 3. The molecule has 132 valence electrons. The molecular weight excluding hydrogens is 298 g/mol. The third-order valence-corrected chi connectivity index (χ3v) is 5.20. The summed E-state index contributed by atoms with van der Waals surface area (Å²) < 4.78 is 7.82. The van der Waals surface area contributed by atoms with Crippen molar-refractivity contribution in [2.75, 3.05) is 46.9 Å². The second-order valence-electron chi connectivity index (χ2n) is 7.29. The summed E-state index contributed by atoms with van der Waals surface area (Å²) in [6.45, 7) is 10.5. The topological polar surface area (TPSA) is 20.6 Å². The molecule has 0 aliphatic carbocycles. The molecule has 1 aliphatic rings. The van der Waals surface area contributed by atoms with Gasteiger partial charge in [0.25, 0.3) is 0 Å². The molecule has 2 aromatic rings. The first-order chi connectivity index (χ1) is 11.6. The van der Waals surface area contributed by atoms with E-state index in [2.05, 4.69) is 59.7 Å². The summed E-state index contributed by atoms with van der Waals surface area (Å²) in [6.07, 6.45) is 4.70. The minimum absolute atomic E-state index is 0.479. The van der Waals surface area contributed by atoms with Crippen LogP contribution < -0.4 is 4.74 Å². The Morgan fingerprint density at radius 2 is 1.88 bits per heavy atom. The fraction of sp³-hybridized carbons (Fsp3) is 0.600. The molecule has 0 radical (unpaired) electrons. The van der Waals surface area contributed by atoms with Gasteiger partial charge in [-0.25, -0.2) is 0 Å². The molecule has 3 rings (SSSR count). The van der Waals surface area contributed by atoms with Gasteiger partial charge in [-0.15, -0.1) is 0 Å². The Hall–Kier alpha value is -1.52. The summed E-state index contributed by atoms with van der Waals surface area (Å²) in [4.78, 5) is 5.02. The zero-order valence-electron chi connectivity index (χ0n) is 15.6. The first-order valence-corrected chi connectivity index (χ1v) is 9.17. The molecule has 1 aromatic carbocycles. The summed E-state index contributed by atoms with van der Waals surface area (Å²) in [7, 11) is 3.96. The average molecular weight is 329 g/mol. The molecular formula is C20H31N3O. The number of nitrogens with zero attached hydrogens (tertiary/aromatic N) is 3. The van der Waals surface area contributed by atoms with Gasteiger partial charge >= 0.3 is 0 Å². The molecule has 0 atom stereocenters. The Bertz CT molecular complexity index is 669. The summed E-state index contributed by atoms with van der Waals surface area (Å²) in [5, 5.41) is 1.35. The Labute approximate surface area is 146 Å². The normalized spacial score (nSPS) is 17.0. The molecule has 4 nitrogen and oxygen atoms in total. The number of hydrogen-bond donors (Lipinski definition) is 0. The molecule has 0 spiro atoms. The van der Waals surface area contributed by atoms with E-state index in [0.29, 0.717) is 6.04 Å². The second kappa shape index (κ2) is 7.58. The van der Waals surface area contributed by atoms with Gasteiger partial charge in [0, 0.05) is 49.3 Å². The van der Waals surface area contributed by atoms with E-state index < -0.39 is 0 Å². The molecule has 0 amide bonds. The highest BCUT2D eigenvalue weighted by atomic mass is 16.5. The van der Waals surface area contributed by atoms with Crippen LogP contribution in [-0.2, 0) is 6.42 Å². The number of ether oxygens (including phenoxy) is 1. The van der Waals surface area contributed by atoms with Crippen molar-refractivity contribution in [2.45, 2.75) is 32.7 Å². The number of aromatic nitrogens is 1. The smallest absolute Gasteiger partial charge is 0.119 e. The van der Waals surface area contributed by atoms with Gasteiger partial charge in [0.1, 0.15) is 5.75 Å². The molecule has 24 heavy (non-hydrogen) atoms. The molecule has 0 bridgehead atoms. The van der Waals surface area contributed by atoms with E-state index in [1.165, 1.54) is 55.6 Å². The summed E-state index contributed by atoms with van der Waals surface area (Å²) in [5.41, 5.74) is 2.77. The van der Waals surface area contributed by atoms with Crippen molar-refractivity contribution in [3.8, 4) is 5.75 Å². The van der Waals surface area contributed by atoms with E-state index in [-0.39, 0.29) is 0 Å². The van der Waals surface area contributed by atoms with Crippen LogP contribution in [0.1, 0.15) is 31.9 Å². The Morgan fingerprint density at radius 1 is 1.12 bits per heavy atom. The monoisotopic (exact) mass is 329 g/mol. The second-order valence-corrected chi connectivity index (χ2v) is 7.29. The van der Waals surface area contributed by atoms with E-state index in [1.807, 2.05) is 0 Å². The molecule has 0 N–H and O–H groups in total. The van der Waals surface area contributed by atoms with E-state index in [4.69, 9.17) is 4.74 Å². The lowest BCUT2D eigenvalue weighted by atomic mass is 10.1. The summed E-state index contributed by atoms with van der Waals surface area (Å²) in [6, 6.07) is 6.93. The van der Waals surface area contributed by atoms with Crippen LogP contribution in [0.4, 0.5) is 0 Å². The van der Waals surface area contributed by atoms with Crippen LogP contribution in [0.25, 0.3) is 10.9 Å². The van der Waals surface area contributed by atoms with Crippen molar-refractivity contribution in [2.24, 2.45) is 0 Å². The number of benzene rings is 1. The van der Waals surface area contributed by atoms with E-state index >= 15 is 0 Å². The van der Waals surface area contributed by atoms with Crippen molar-refractivity contribution >= 4 is 10.9 Å². The highest BCUT2D eigenvalue weighted by Gasteiger charge is 2.15. The number of piperazine rings is 1. The zero-order chi connectivity index (χ0) is 17.1. The highest BCUT2D eigenvalue weighted by molar-refractivity contribution is 5.85. The average Bonchev–Trinajstić information content (AvgIpc) is 2.95. The third-order valence-electron chi connectivity index (χ3n) is 5.20. The largest absolute Gasteiger partial charge is 0.497 e. The maximum absolute atomic E-state index is 5.43. The number of aryl methyl sites for hydroxylation is 1. The summed E-state index contributed by atoms with van der Waals surface area (Å²) >= 11 is 0. The van der Waals surface area contributed by atoms with Crippen LogP contribution in [0, 0.1) is 0 Å². The first kappa shape index (κ1) is 17.3. The fourth-order valence-electron chi connectivity index (χ4n) is 3.62. The van der Waals surface area contributed by atoms with Crippen LogP contribution in [0.15, 0.2) is 24.4 Å². The van der Waals surface area contributed by atoms with E-state index in [0.717, 1.165) is 12.2 Å². The van der Waals surface area contributed by atoms with Crippen molar-refractivity contribution in [1.29, 1.82) is 0 Å². The lowest BCUT2D eigenvalue weighted by molar-refractivity contribution is 0.153. The van der Waals surface area contributed by atoms with Crippen molar-refractivity contribution in [3.05, 3.63) is 30.0 Å². The highest BCUT2D eigenvalue weighted by Crippen LogP contribution is 2.29. The minimum Gasteiger partial charge on any atom is -0.497 e. The molecule has 1 fully saturated rings. The van der Waals surface area contributed by atoms with Gasteiger partial charge in [0.2, 0.25) is 0 Å². The number of fused-ring (bicyclic) bond motifs is 1. The van der Waals surface area contributed by atoms with Gasteiger partial charge < -0.3 is 19.1 Å². The number of rotatable bonds is 6. The molecule has 0 saturated carbocycles. The van der Waals surface area contributed by atoms with Gasteiger partial charge in [-0.05, 0) is 64.0 Å². The standard InChI is InChI=1S/C20H31N3O/c1-16(2)23-15-17(19-14-18(24-4)7-8-20(19)23)6-5-9-22-12-10-21(3)11-13-22/h7-8,14-16H,5-6,9-13H2,1-4H3. The fourth-order valence-corrected chi connectivity index (χ4v) is 3.62. The Kier molecular flexibility index (Phi) is 5.47. The van der Waals surface area contributed by atoms with E-state index in [1.54, 1.807) is 7.11 Å². The molecule has 4 heteroatoms. The first-order valence-electron chi connectivity index (χ1n) is 9.17. The lowest BCUT2D eigenvalue weighted by Gasteiger charge is -2.32. The molecule has 1 aliphatic heterocycles. The van der Waals surface area contributed by atoms with Crippen LogP contribution >= 0.6 is 0 Å². The molecule has 2 heterocycles. The molecule has 1 saturated heterocycles. The molecule has 0 unspecified atom stereocenters. The van der Waals surface area contributed by atoms with Crippen LogP contribution in [0.5, 0.6) is 5.75 Å². The lowest BCUT2D eigenvalue weighted by Crippen LogP contribution is -2.44. The van der Waals surface area contributed by atoms with E-state index in [9.17, 15) is 0 Å². The van der Waals surface area contributed by atoms with Gasteiger partial charge in [-0.3, -0.25) is 0 Å². The third kappa shape index (κ3) is 3.76. The van der Waals surface area contributed by atoms with Crippen molar-refractivity contribution in [1.82, 2.24) is 14.4 Å².